The SMILES string of the molecule is COc1cccc(C(C)(C)C[C@](O)(CO)C(F)(F)F)c1. The highest BCUT2D eigenvalue weighted by molar-refractivity contribution is 5.33. The summed E-state index contributed by atoms with van der Waals surface area (Å²) in [4.78, 5) is 0. The van der Waals surface area contributed by atoms with Crippen molar-refractivity contribution in [3.05, 3.63) is 29.8 Å². The zero-order chi connectivity index (χ0) is 15.6. The van der Waals surface area contributed by atoms with E-state index in [4.69, 9.17) is 9.84 Å². The Morgan fingerprint density at radius 1 is 1.20 bits per heavy atom. The number of aliphatic hydroxyl groups is 2. The van der Waals surface area contributed by atoms with Gasteiger partial charge in [0.1, 0.15) is 5.75 Å². The lowest BCUT2D eigenvalue weighted by atomic mass is 9.75. The lowest BCUT2D eigenvalue weighted by Crippen LogP contribution is -2.51. The van der Waals surface area contributed by atoms with Crippen molar-refractivity contribution in [3.8, 4) is 5.75 Å². The number of aliphatic hydroxyl groups excluding tert-OH is 1. The fourth-order valence-corrected chi connectivity index (χ4v) is 2.12. The highest BCUT2D eigenvalue weighted by Gasteiger charge is 2.55. The number of ether oxygens (including phenoxy) is 1. The fraction of sp³-hybridized carbons (Fsp3) is 0.571. The molecule has 1 aromatic carbocycles. The van der Waals surface area contributed by atoms with E-state index >= 15 is 0 Å². The standard InChI is InChI=1S/C14H19F3O3/c1-12(2,8-13(19,9-18)14(15,16)17)10-5-4-6-11(7-10)20-3/h4-7,18-19H,8-9H2,1-3H3/t13-/m0/s1. The van der Waals surface area contributed by atoms with Crippen LogP contribution in [-0.4, -0.2) is 35.7 Å². The molecule has 0 spiro atoms. The molecule has 0 aliphatic heterocycles. The van der Waals surface area contributed by atoms with Gasteiger partial charge in [-0.25, -0.2) is 0 Å². The number of halogens is 3. The van der Waals surface area contributed by atoms with Gasteiger partial charge in [-0.15, -0.1) is 0 Å². The summed E-state index contributed by atoms with van der Waals surface area (Å²) >= 11 is 0. The van der Waals surface area contributed by atoms with Gasteiger partial charge in [0.05, 0.1) is 13.7 Å². The van der Waals surface area contributed by atoms with Crippen molar-refractivity contribution in [1.29, 1.82) is 0 Å². The number of rotatable bonds is 5. The predicted molar refractivity (Wildman–Crippen MR) is 68.7 cm³/mol. The molecule has 0 amide bonds. The van der Waals surface area contributed by atoms with Crippen LogP contribution in [-0.2, 0) is 5.41 Å². The van der Waals surface area contributed by atoms with Crippen molar-refractivity contribution in [2.75, 3.05) is 13.7 Å². The topological polar surface area (TPSA) is 49.7 Å². The smallest absolute Gasteiger partial charge is 0.419 e. The van der Waals surface area contributed by atoms with Crippen molar-refractivity contribution >= 4 is 0 Å². The second-order valence-corrected chi connectivity index (χ2v) is 5.48. The monoisotopic (exact) mass is 292 g/mol. The molecule has 0 unspecified atom stereocenters. The van der Waals surface area contributed by atoms with Gasteiger partial charge in [-0.05, 0) is 29.5 Å². The van der Waals surface area contributed by atoms with Gasteiger partial charge < -0.3 is 14.9 Å². The van der Waals surface area contributed by atoms with E-state index in [1.165, 1.54) is 7.11 Å². The van der Waals surface area contributed by atoms with E-state index < -0.39 is 30.2 Å². The Balaban J connectivity index is 3.09. The number of hydrogen-bond acceptors (Lipinski definition) is 3. The van der Waals surface area contributed by atoms with E-state index in [1.807, 2.05) is 0 Å². The molecule has 6 heteroatoms. The van der Waals surface area contributed by atoms with Gasteiger partial charge in [-0.1, -0.05) is 26.0 Å². The summed E-state index contributed by atoms with van der Waals surface area (Å²) in [5, 5.41) is 18.6. The average Bonchev–Trinajstić information content (AvgIpc) is 2.37. The third kappa shape index (κ3) is 3.43. The molecule has 20 heavy (non-hydrogen) atoms. The molecule has 0 radical (unpaired) electrons. The van der Waals surface area contributed by atoms with Gasteiger partial charge in [0.2, 0.25) is 0 Å². The second kappa shape index (κ2) is 5.61. The molecule has 1 atom stereocenters. The fourth-order valence-electron chi connectivity index (χ4n) is 2.12. The van der Waals surface area contributed by atoms with Crippen LogP contribution in [0.3, 0.4) is 0 Å². The molecule has 0 saturated heterocycles. The van der Waals surface area contributed by atoms with Crippen LogP contribution in [0.15, 0.2) is 24.3 Å². The molecule has 0 saturated carbocycles. The third-order valence-electron chi connectivity index (χ3n) is 3.37. The molecule has 1 rings (SSSR count). The quantitative estimate of drug-likeness (QED) is 0.877. The average molecular weight is 292 g/mol. The first-order valence-corrected chi connectivity index (χ1v) is 6.10. The first-order valence-electron chi connectivity index (χ1n) is 6.10. The van der Waals surface area contributed by atoms with E-state index in [0.29, 0.717) is 11.3 Å². The molecule has 0 heterocycles. The molecule has 0 aliphatic rings. The Labute approximate surface area is 116 Å². The minimum atomic E-state index is -4.89. The largest absolute Gasteiger partial charge is 0.497 e. The molecular weight excluding hydrogens is 273 g/mol. The van der Waals surface area contributed by atoms with Crippen molar-refractivity contribution in [2.24, 2.45) is 0 Å². The Bertz CT molecular complexity index is 457. The van der Waals surface area contributed by atoms with Crippen LogP contribution in [0, 0.1) is 0 Å². The molecule has 0 aromatic heterocycles. The minimum Gasteiger partial charge on any atom is -0.497 e. The van der Waals surface area contributed by atoms with E-state index in [0.717, 1.165) is 0 Å². The van der Waals surface area contributed by atoms with Gasteiger partial charge in [0, 0.05) is 0 Å². The van der Waals surface area contributed by atoms with Gasteiger partial charge in [0.25, 0.3) is 0 Å². The molecular formula is C14H19F3O3. The summed E-state index contributed by atoms with van der Waals surface area (Å²) in [5.41, 5.74) is -3.52. The normalized spacial score (nSPS) is 15.8. The van der Waals surface area contributed by atoms with Crippen molar-refractivity contribution in [3.63, 3.8) is 0 Å². The molecule has 1 aromatic rings. The molecule has 0 fully saturated rings. The van der Waals surface area contributed by atoms with Crippen LogP contribution in [0.1, 0.15) is 25.8 Å². The number of alkyl halides is 3. The van der Waals surface area contributed by atoms with Crippen LogP contribution < -0.4 is 4.74 Å². The predicted octanol–water partition coefficient (Wildman–Crippen LogP) is 2.65. The maximum absolute atomic E-state index is 12.9. The zero-order valence-corrected chi connectivity index (χ0v) is 11.7. The van der Waals surface area contributed by atoms with E-state index in [1.54, 1.807) is 38.1 Å². The highest BCUT2D eigenvalue weighted by Crippen LogP contribution is 2.41. The Hall–Kier alpha value is -1.27. The first kappa shape index (κ1) is 16.8. The lowest BCUT2D eigenvalue weighted by molar-refractivity contribution is -0.277. The molecule has 2 N–H and O–H groups in total. The molecule has 0 aliphatic carbocycles. The van der Waals surface area contributed by atoms with Crippen molar-refractivity contribution in [2.45, 2.75) is 37.5 Å². The third-order valence-corrected chi connectivity index (χ3v) is 3.37. The maximum atomic E-state index is 12.9. The van der Waals surface area contributed by atoms with Crippen molar-refractivity contribution in [1.82, 2.24) is 0 Å². The van der Waals surface area contributed by atoms with Crippen LogP contribution in [0.4, 0.5) is 13.2 Å². The zero-order valence-electron chi connectivity index (χ0n) is 11.7. The Morgan fingerprint density at radius 3 is 2.25 bits per heavy atom. The van der Waals surface area contributed by atoms with Crippen molar-refractivity contribution < 1.29 is 28.1 Å². The number of benzene rings is 1. The number of hydrogen-bond donors (Lipinski definition) is 2. The van der Waals surface area contributed by atoms with Gasteiger partial charge in [-0.3, -0.25) is 0 Å². The van der Waals surface area contributed by atoms with E-state index in [-0.39, 0.29) is 0 Å². The summed E-state index contributed by atoms with van der Waals surface area (Å²) < 4.78 is 43.6. The van der Waals surface area contributed by atoms with Gasteiger partial charge in [-0.2, -0.15) is 13.2 Å². The minimum absolute atomic E-state index is 0.523. The highest BCUT2D eigenvalue weighted by atomic mass is 19.4. The summed E-state index contributed by atoms with van der Waals surface area (Å²) in [6.07, 6.45) is -5.54. The maximum Gasteiger partial charge on any atom is 0.419 e. The van der Waals surface area contributed by atoms with Crippen LogP contribution in [0.2, 0.25) is 0 Å². The van der Waals surface area contributed by atoms with E-state index in [9.17, 15) is 18.3 Å². The van der Waals surface area contributed by atoms with E-state index in [2.05, 4.69) is 0 Å². The summed E-state index contributed by atoms with van der Waals surface area (Å²) in [6.45, 7) is 1.78. The Kier molecular flexibility index (Phi) is 4.71. The van der Waals surface area contributed by atoms with Crippen LogP contribution in [0.25, 0.3) is 0 Å². The van der Waals surface area contributed by atoms with Gasteiger partial charge >= 0.3 is 6.18 Å². The number of methoxy groups -OCH3 is 1. The molecule has 0 bridgehead atoms. The molecule has 3 nitrogen and oxygen atoms in total. The summed E-state index contributed by atoms with van der Waals surface area (Å²) in [7, 11) is 1.46. The van der Waals surface area contributed by atoms with Crippen LogP contribution >= 0.6 is 0 Å². The van der Waals surface area contributed by atoms with Crippen LogP contribution in [0.5, 0.6) is 5.75 Å². The van der Waals surface area contributed by atoms with Gasteiger partial charge in [0.15, 0.2) is 5.60 Å². The first-order chi connectivity index (χ1) is 9.05. The Morgan fingerprint density at radius 2 is 1.80 bits per heavy atom. The summed E-state index contributed by atoms with van der Waals surface area (Å²) in [6, 6.07) is 6.63. The lowest BCUT2D eigenvalue weighted by Gasteiger charge is -2.36. The summed E-state index contributed by atoms with van der Waals surface area (Å²) in [5.74, 6) is 0.523. The molecule has 114 valence electrons. The second-order valence-electron chi connectivity index (χ2n) is 5.48.